The Morgan fingerprint density at radius 2 is 2.00 bits per heavy atom. The molecule has 2 aromatic carbocycles. The van der Waals surface area contributed by atoms with E-state index in [2.05, 4.69) is 47.6 Å². The van der Waals surface area contributed by atoms with Gasteiger partial charge in [-0.25, -0.2) is 4.98 Å². The topological polar surface area (TPSA) is 24.9 Å². The fourth-order valence-corrected chi connectivity index (χ4v) is 3.10. The lowest BCUT2D eigenvalue weighted by molar-refractivity contribution is 0.750. The molecular weight excluding hydrogens is 288 g/mol. The fourth-order valence-electron chi connectivity index (χ4n) is 2.26. The molecule has 0 fully saturated rings. The van der Waals surface area contributed by atoms with Crippen LogP contribution in [0, 0.1) is 0 Å². The first-order valence-electron chi connectivity index (χ1n) is 6.61. The zero-order chi connectivity index (χ0) is 13.9. The van der Waals surface area contributed by atoms with Crippen molar-refractivity contribution in [2.24, 2.45) is 0 Å². The molecule has 0 bridgehead atoms. The highest BCUT2D eigenvalue weighted by molar-refractivity contribution is 7.16. The summed E-state index contributed by atoms with van der Waals surface area (Å²) in [6.07, 6.45) is 1.02. The molecule has 0 aliphatic rings. The molecule has 1 atom stereocenters. The number of anilines is 1. The second-order valence-electron chi connectivity index (χ2n) is 4.69. The van der Waals surface area contributed by atoms with Gasteiger partial charge in [0.05, 0.1) is 21.8 Å². The van der Waals surface area contributed by atoms with Crippen molar-refractivity contribution in [3.05, 3.63) is 58.6 Å². The number of fused-ring (bicyclic) bond motifs is 1. The summed E-state index contributed by atoms with van der Waals surface area (Å²) in [5.41, 5.74) is 5.32. The number of rotatable bonds is 4. The highest BCUT2D eigenvalue weighted by Gasteiger charge is 2.09. The molecule has 2 nitrogen and oxygen atoms in total. The number of nitrogens with zero attached hydrogens (tertiary/aromatic N) is 1. The van der Waals surface area contributed by atoms with E-state index in [0.717, 1.165) is 22.6 Å². The molecule has 3 aromatic rings. The van der Waals surface area contributed by atoms with Crippen LogP contribution < -0.4 is 5.32 Å². The van der Waals surface area contributed by atoms with Crippen molar-refractivity contribution in [3.63, 3.8) is 0 Å². The summed E-state index contributed by atoms with van der Waals surface area (Å²) in [6.45, 7) is 2.18. The third kappa shape index (κ3) is 2.79. The largest absolute Gasteiger partial charge is 0.378 e. The number of thiazole rings is 1. The van der Waals surface area contributed by atoms with E-state index < -0.39 is 0 Å². The van der Waals surface area contributed by atoms with Gasteiger partial charge in [-0.3, -0.25) is 0 Å². The Balaban J connectivity index is 1.84. The average Bonchev–Trinajstić information content (AvgIpc) is 2.93. The van der Waals surface area contributed by atoms with Gasteiger partial charge < -0.3 is 5.32 Å². The molecule has 1 heterocycles. The Hall–Kier alpha value is -1.58. The van der Waals surface area contributed by atoms with Crippen LogP contribution in [0.3, 0.4) is 0 Å². The van der Waals surface area contributed by atoms with Crippen molar-refractivity contribution in [1.82, 2.24) is 4.98 Å². The Morgan fingerprint density at radius 3 is 2.75 bits per heavy atom. The Morgan fingerprint density at radius 1 is 1.20 bits per heavy atom. The minimum Gasteiger partial charge on any atom is -0.378 e. The lowest BCUT2D eigenvalue weighted by Gasteiger charge is -2.19. The molecule has 0 saturated heterocycles. The zero-order valence-corrected chi connectivity index (χ0v) is 12.7. The van der Waals surface area contributed by atoms with Crippen molar-refractivity contribution in [2.75, 3.05) is 5.32 Å². The standard InChI is InChI=1S/C16H15ClN2S/c1-2-14(11-3-5-12(17)6-4-11)19-13-7-8-15-16(9-13)20-10-18-15/h3-10,14,19H,2H2,1H3. The SMILES string of the molecule is CCC(Nc1ccc2ncsc2c1)c1ccc(Cl)cc1. The highest BCUT2D eigenvalue weighted by Crippen LogP contribution is 2.27. The van der Waals surface area contributed by atoms with Gasteiger partial charge in [0.2, 0.25) is 0 Å². The average molecular weight is 303 g/mol. The van der Waals surface area contributed by atoms with E-state index in [1.165, 1.54) is 10.3 Å². The molecule has 0 spiro atoms. The van der Waals surface area contributed by atoms with Gasteiger partial charge in [0.1, 0.15) is 0 Å². The Labute approximate surface area is 127 Å². The molecule has 0 aliphatic heterocycles. The number of benzene rings is 2. The first kappa shape index (κ1) is 13.4. The summed E-state index contributed by atoms with van der Waals surface area (Å²) in [6, 6.07) is 14.6. The zero-order valence-electron chi connectivity index (χ0n) is 11.1. The van der Waals surface area contributed by atoms with Crippen molar-refractivity contribution < 1.29 is 0 Å². The number of nitrogens with one attached hydrogen (secondary N) is 1. The van der Waals surface area contributed by atoms with Gasteiger partial charge in [0.25, 0.3) is 0 Å². The molecule has 0 amide bonds. The molecule has 1 N–H and O–H groups in total. The summed E-state index contributed by atoms with van der Waals surface area (Å²) < 4.78 is 1.21. The van der Waals surface area contributed by atoms with Crippen LogP contribution in [0.25, 0.3) is 10.2 Å². The number of hydrogen-bond donors (Lipinski definition) is 1. The summed E-state index contributed by atoms with van der Waals surface area (Å²) in [5, 5.41) is 4.36. The normalized spacial score (nSPS) is 12.5. The second-order valence-corrected chi connectivity index (χ2v) is 6.01. The summed E-state index contributed by atoms with van der Waals surface area (Å²) in [7, 11) is 0. The lowest BCUT2D eigenvalue weighted by atomic mass is 10.0. The monoisotopic (exact) mass is 302 g/mol. The number of aromatic nitrogens is 1. The molecule has 3 rings (SSSR count). The molecule has 0 saturated carbocycles. The molecule has 1 aromatic heterocycles. The van der Waals surface area contributed by atoms with Gasteiger partial charge in [0, 0.05) is 10.7 Å². The van der Waals surface area contributed by atoms with Gasteiger partial charge in [0.15, 0.2) is 0 Å². The molecule has 0 aliphatic carbocycles. The Bertz CT molecular complexity index is 706. The van der Waals surface area contributed by atoms with E-state index in [4.69, 9.17) is 11.6 Å². The third-order valence-electron chi connectivity index (χ3n) is 3.35. The van der Waals surface area contributed by atoms with Crippen LogP contribution in [-0.2, 0) is 0 Å². The van der Waals surface area contributed by atoms with E-state index >= 15 is 0 Å². The van der Waals surface area contributed by atoms with Crippen LogP contribution >= 0.6 is 22.9 Å². The van der Waals surface area contributed by atoms with Crippen LogP contribution in [-0.4, -0.2) is 4.98 Å². The molecular formula is C16H15ClN2S. The Kier molecular flexibility index (Phi) is 3.90. The summed E-state index contributed by atoms with van der Waals surface area (Å²) >= 11 is 7.61. The molecule has 0 radical (unpaired) electrons. The maximum absolute atomic E-state index is 5.95. The van der Waals surface area contributed by atoms with Crippen LogP contribution in [0.2, 0.25) is 5.02 Å². The van der Waals surface area contributed by atoms with E-state index in [1.54, 1.807) is 11.3 Å². The van der Waals surface area contributed by atoms with E-state index in [0.29, 0.717) is 0 Å². The number of halogens is 1. The van der Waals surface area contributed by atoms with Crippen molar-refractivity contribution >= 4 is 38.8 Å². The van der Waals surface area contributed by atoms with Crippen LogP contribution in [0.4, 0.5) is 5.69 Å². The van der Waals surface area contributed by atoms with Crippen LogP contribution in [0.15, 0.2) is 48.0 Å². The fraction of sp³-hybridized carbons (Fsp3) is 0.188. The minimum atomic E-state index is 0.289. The third-order valence-corrected chi connectivity index (χ3v) is 4.40. The van der Waals surface area contributed by atoms with Gasteiger partial charge in [-0.05, 0) is 42.3 Å². The predicted molar refractivity (Wildman–Crippen MR) is 87.7 cm³/mol. The summed E-state index contributed by atoms with van der Waals surface area (Å²) in [4.78, 5) is 4.30. The van der Waals surface area contributed by atoms with Crippen LogP contribution in [0.1, 0.15) is 24.9 Å². The summed E-state index contributed by atoms with van der Waals surface area (Å²) in [5.74, 6) is 0. The first-order valence-corrected chi connectivity index (χ1v) is 7.87. The smallest absolute Gasteiger partial charge is 0.0813 e. The maximum Gasteiger partial charge on any atom is 0.0813 e. The number of hydrogen-bond acceptors (Lipinski definition) is 3. The molecule has 102 valence electrons. The van der Waals surface area contributed by atoms with Gasteiger partial charge in [-0.1, -0.05) is 30.7 Å². The van der Waals surface area contributed by atoms with Gasteiger partial charge >= 0.3 is 0 Å². The van der Waals surface area contributed by atoms with Crippen molar-refractivity contribution in [3.8, 4) is 0 Å². The van der Waals surface area contributed by atoms with Gasteiger partial charge in [-0.2, -0.15) is 0 Å². The predicted octanol–water partition coefficient (Wildman–Crippen LogP) is 5.51. The molecule has 4 heteroatoms. The van der Waals surface area contributed by atoms with E-state index in [-0.39, 0.29) is 6.04 Å². The maximum atomic E-state index is 5.95. The highest BCUT2D eigenvalue weighted by atomic mass is 35.5. The minimum absolute atomic E-state index is 0.289. The molecule has 20 heavy (non-hydrogen) atoms. The van der Waals surface area contributed by atoms with E-state index in [9.17, 15) is 0 Å². The van der Waals surface area contributed by atoms with Crippen molar-refractivity contribution in [1.29, 1.82) is 0 Å². The van der Waals surface area contributed by atoms with Crippen molar-refractivity contribution in [2.45, 2.75) is 19.4 Å². The second kappa shape index (κ2) is 5.81. The quantitative estimate of drug-likeness (QED) is 0.687. The lowest BCUT2D eigenvalue weighted by Crippen LogP contribution is -2.09. The molecule has 1 unspecified atom stereocenters. The van der Waals surface area contributed by atoms with E-state index in [1.807, 2.05) is 17.6 Å². The first-order chi connectivity index (χ1) is 9.76. The van der Waals surface area contributed by atoms with Gasteiger partial charge in [-0.15, -0.1) is 11.3 Å². The van der Waals surface area contributed by atoms with Crippen LogP contribution in [0.5, 0.6) is 0 Å².